The van der Waals surface area contributed by atoms with E-state index >= 15 is 0 Å². The number of aryl methyl sites for hydroxylation is 3. The Bertz CT molecular complexity index is 364. The lowest BCUT2D eigenvalue weighted by atomic mass is 9.92. The van der Waals surface area contributed by atoms with Crippen molar-refractivity contribution in [1.82, 2.24) is 0 Å². The van der Waals surface area contributed by atoms with Crippen molar-refractivity contribution in [2.75, 3.05) is 0 Å². The number of hydrogen-bond acceptors (Lipinski definition) is 1. The van der Waals surface area contributed by atoms with Crippen molar-refractivity contribution in [1.29, 1.82) is 0 Å². The van der Waals surface area contributed by atoms with Crippen molar-refractivity contribution in [3.63, 3.8) is 0 Å². The fourth-order valence-electron chi connectivity index (χ4n) is 2.91. The topological polar surface area (TPSA) is 26.0 Å². The van der Waals surface area contributed by atoms with Gasteiger partial charge >= 0.3 is 0 Å². The molecule has 1 atom stereocenters. The standard InChI is InChI=1S/C16H25N/c1-12-7-8-14(11-13(12)2)9-10-16(17)15-5-3-4-6-15/h7-8,11,15-16H,3-6,9-10,17H2,1-2H3. The molecule has 1 fully saturated rings. The molecule has 2 N–H and O–H groups in total. The van der Waals surface area contributed by atoms with E-state index in [-0.39, 0.29) is 0 Å². The zero-order valence-corrected chi connectivity index (χ0v) is 11.2. The van der Waals surface area contributed by atoms with E-state index in [1.54, 1.807) is 0 Å². The van der Waals surface area contributed by atoms with E-state index in [0.29, 0.717) is 6.04 Å². The molecule has 1 aliphatic rings. The Hall–Kier alpha value is -0.820. The summed E-state index contributed by atoms with van der Waals surface area (Å²) in [4.78, 5) is 0. The SMILES string of the molecule is Cc1ccc(CCC(N)C2CCCC2)cc1C. The third kappa shape index (κ3) is 3.32. The Morgan fingerprint density at radius 2 is 1.88 bits per heavy atom. The highest BCUT2D eigenvalue weighted by molar-refractivity contribution is 5.29. The lowest BCUT2D eigenvalue weighted by Gasteiger charge is -2.18. The summed E-state index contributed by atoms with van der Waals surface area (Å²) in [6.07, 6.45) is 7.78. The molecule has 0 aliphatic heterocycles. The van der Waals surface area contributed by atoms with Gasteiger partial charge < -0.3 is 5.73 Å². The first kappa shape index (κ1) is 12.6. The van der Waals surface area contributed by atoms with Gasteiger partial charge in [0.2, 0.25) is 0 Å². The molecule has 1 unspecified atom stereocenters. The second kappa shape index (κ2) is 5.68. The fourth-order valence-corrected chi connectivity index (χ4v) is 2.91. The van der Waals surface area contributed by atoms with Gasteiger partial charge in [-0.25, -0.2) is 0 Å². The highest BCUT2D eigenvalue weighted by Crippen LogP contribution is 2.28. The molecular formula is C16H25N. The normalized spacial score (nSPS) is 18.5. The molecule has 1 heteroatoms. The summed E-state index contributed by atoms with van der Waals surface area (Å²) in [6.45, 7) is 4.36. The van der Waals surface area contributed by atoms with Crippen molar-refractivity contribution in [2.24, 2.45) is 11.7 Å². The molecule has 17 heavy (non-hydrogen) atoms. The van der Waals surface area contributed by atoms with E-state index in [0.717, 1.165) is 18.8 Å². The smallest absolute Gasteiger partial charge is 0.00703 e. The Kier molecular flexibility index (Phi) is 4.22. The summed E-state index contributed by atoms with van der Waals surface area (Å²) in [5.74, 6) is 0.793. The monoisotopic (exact) mass is 231 g/mol. The largest absolute Gasteiger partial charge is 0.327 e. The minimum atomic E-state index is 0.416. The number of benzene rings is 1. The van der Waals surface area contributed by atoms with Crippen molar-refractivity contribution in [2.45, 2.75) is 58.4 Å². The Morgan fingerprint density at radius 3 is 2.53 bits per heavy atom. The zero-order chi connectivity index (χ0) is 12.3. The fraction of sp³-hybridized carbons (Fsp3) is 0.625. The van der Waals surface area contributed by atoms with Crippen LogP contribution in [0.25, 0.3) is 0 Å². The molecule has 0 heterocycles. The predicted octanol–water partition coefficient (Wildman–Crippen LogP) is 3.75. The lowest BCUT2D eigenvalue weighted by molar-refractivity contribution is 0.410. The molecule has 0 bridgehead atoms. The van der Waals surface area contributed by atoms with Crippen LogP contribution in [0.1, 0.15) is 48.8 Å². The predicted molar refractivity (Wildman–Crippen MR) is 74.2 cm³/mol. The first-order valence-corrected chi connectivity index (χ1v) is 6.98. The molecule has 0 spiro atoms. The van der Waals surface area contributed by atoms with E-state index in [9.17, 15) is 0 Å². The maximum atomic E-state index is 6.29. The minimum Gasteiger partial charge on any atom is -0.327 e. The van der Waals surface area contributed by atoms with E-state index in [4.69, 9.17) is 5.73 Å². The van der Waals surface area contributed by atoms with Gasteiger partial charge in [0.1, 0.15) is 0 Å². The molecule has 0 amide bonds. The first-order valence-electron chi connectivity index (χ1n) is 6.98. The summed E-state index contributed by atoms with van der Waals surface area (Å²) >= 11 is 0. The second-order valence-corrected chi connectivity index (χ2v) is 5.67. The summed E-state index contributed by atoms with van der Waals surface area (Å²) < 4.78 is 0. The summed E-state index contributed by atoms with van der Waals surface area (Å²) in [7, 11) is 0. The van der Waals surface area contributed by atoms with Crippen molar-refractivity contribution in [3.05, 3.63) is 34.9 Å². The molecule has 0 saturated heterocycles. The number of nitrogens with two attached hydrogens (primary N) is 1. The van der Waals surface area contributed by atoms with Crippen LogP contribution in [0.15, 0.2) is 18.2 Å². The van der Waals surface area contributed by atoms with Crippen LogP contribution in [-0.2, 0) is 6.42 Å². The number of hydrogen-bond donors (Lipinski definition) is 1. The Morgan fingerprint density at radius 1 is 1.18 bits per heavy atom. The van der Waals surface area contributed by atoms with Crippen molar-refractivity contribution in [3.8, 4) is 0 Å². The Balaban J connectivity index is 1.86. The molecule has 2 rings (SSSR count). The minimum absolute atomic E-state index is 0.416. The molecule has 1 aromatic rings. The van der Waals surface area contributed by atoms with E-state index in [2.05, 4.69) is 32.0 Å². The molecule has 1 nitrogen and oxygen atoms in total. The van der Waals surface area contributed by atoms with Crippen LogP contribution in [0.5, 0.6) is 0 Å². The van der Waals surface area contributed by atoms with Crippen LogP contribution in [0.3, 0.4) is 0 Å². The van der Waals surface area contributed by atoms with Crippen LogP contribution in [-0.4, -0.2) is 6.04 Å². The van der Waals surface area contributed by atoms with Gasteiger partial charge in [0, 0.05) is 6.04 Å². The third-order valence-electron chi connectivity index (χ3n) is 4.34. The summed E-state index contributed by atoms with van der Waals surface area (Å²) in [6, 6.07) is 7.21. The average Bonchev–Trinajstić information content (AvgIpc) is 2.84. The van der Waals surface area contributed by atoms with E-state index < -0.39 is 0 Å². The number of rotatable bonds is 4. The molecule has 0 aromatic heterocycles. The van der Waals surface area contributed by atoms with Gasteiger partial charge in [-0.2, -0.15) is 0 Å². The summed E-state index contributed by atoms with van der Waals surface area (Å²) in [5.41, 5.74) is 10.5. The molecule has 94 valence electrons. The van der Waals surface area contributed by atoms with Gasteiger partial charge in [-0.1, -0.05) is 31.0 Å². The highest BCUT2D eigenvalue weighted by atomic mass is 14.6. The van der Waals surface area contributed by atoms with Crippen LogP contribution in [0.4, 0.5) is 0 Å². The quantitative estimate of drug-likeness (QED) is 0.839. The van der Waals surface area contributed by atoms with Gasteiger partial charge in [0.15, 0.2) is 0 Å². The molecule has 1 aliphatic carbocycles. The van der Waals surface area contributed by atoms with E-state index in [1.807, 2.05) is 0 Å². The maximum absolute atomic E-state index is 6.29. The van der Waals surface area contributed by atoms with Crippen LogP contribution < -0.4 is 5.73 Å². The molecule has 1 saturated carbocycles. The zero-order valence-electron chi connectivity index (χ0n) is 11.2. The van der Waals surface area contributed by atoms with Crippen molar-refractivity contribution >= 4 is 0 Å². The maximum Gasteiger partial charge on any atom is 0.00703 e. The van der Waals surface area contributed by atoms with Crippen LogP contribution in [0, 0.1) is 19.8 Å². The van der Waals surface area contributed by atoms with Gasteiger partial charge in [-0.05, 0) is 62.1 Å². The van der Waals surface area contributed by atoms with Crippen LogP contribution >= 0.6 is 0 Å². The molecule has 0 radical (unpaired) electrons. The lowest BCUT2D eigenvalue weighted by Crippen LogP contribution is -2.28. The second-order valence-electron chi connectivity index (χ2n) is 5.67. The third-order valence-corrected chi connectivity index (χ3v) is 4.34. The van der Waals surface area contributed by atoms with Gasteiger partial charge in [0.25, 0.3) is 0 Å². The first-order chi connectivity index (χ1) is 8.16. The molecular weight excluding hydrogens is 206 g/mol. The highest BCUT2D eigenvalue weighted by Gasteiger charge is 2.21. The van der Waals surface area contributed by atoms with Crippen LogP contribution in [0.2, 0.25) is 0 Å². The average molecular weight is 231 g/mol. The Labute approximate surface area is 105 Å². The molecule has 1 aromatic carbocycles. The van der Waals surface area contributed by atoms with Gasteiger partial charge in [-0.3, -0.25) is 0 Å². The summed E-state index contributed by atoms with van der Waals surface area (Å²) in [5, 5.41) is 0. The van der Waals surface area contributed by atoms with Gasteiger partial charge in [0.05, 0.1) is 0 Å². The van der Waals surface area contributed by atoms with Crippen molar-refractivity contribution < 1.29 is 0 Å². The van der Waals surface area contributed by atoms with E-state index in [1.165, 1.54) is 42.4 Å². The van der Waals surface area contributed by atoms with Gasteiger partial charge in [-0.15, -0.1) is 0 Å².